The van der Waals surface area contributed by atoms with Crippen LogP contribution in [0.5, 0.6) is 0 Å². The number of hydrogen-bond donors (Lipinski definition) is 1. The average Bonchev–Trinajstić information content (AvgIpc) is 2.93. The van der Waals surface area contributed by atoms with Crippen LogP contribution in [0.3, 0.4) is 0 Å². The molecular weight excluding hydrogens is 306 g/mol. The molecule has 24 heavy (non-hydrogen) atoms. The lowest BCUT2D eigenvalue weighted by Crippen LogP contribution is -2.36. The van der Waals surface area contributed by atoms with E-state index < -0.39 is 0 Å². The first-order valence-electron chi connectivity index (χ1n) is 8.06. The monoisotopic (exact) mass is 325 g/mol. The van der Waals surface area contributed by atoms with Crippen LogP contribution in [0.2, 0.25) is 0 Å². The van der Waals surface area contributed by atoms with Gasteiger partial charge in [-0.25, -0.2) is 0 Å². The molecule has 1 N–H and O–H groups in total. The maximum atomic E-state index is 12.0. The van der Waals surface area contributed by atoms with Crippen LogP contribution in [0.4, 0.5) is 5.69 Å². The predicted molar refractivity (Wildman–Crippen MR) is 92.6 cm³/mol. The zero-order chi connectivity index (χ0) is 16.7. The van der Waals surface area contributed by atoms with E-state index in [0.717, 1.165) is 52.3 Å². The molecule has 0 radical (unpaired) electrons. The van der Waals surface area contributed by atoms with Gasteiger partial charge in [0.1, 0.15) is 5.76 Å². The Morgan fingerprint density at radius 1 is 1.17 bits per heavy atom. The molecule has 2 aromatic heterocycles. The first-order valence-corrected chi connectivity index (χ1v) is 8.06. The number of morpholine rings is 1. The molecule has 0 saturated carbocycles. The van der Waals surface area contributed by atoms with E-state index >= 15 is 0 Å². The third-order valence-corrected chi connectivity index (χ3v) is 4.50. The zero-order valence-electron chi connectivity index (χ0n) is 13.8. The molecule has 0 bridgehead atoms. The molecule has 0 spiro atoms. The van der Waals surface area contributed by atoms with Gasteiger partial charge in [-0.05, 0) is 31.5 Å². The second-order valence-corrected chi connectivity index (χ2v) is 6.08. The summed E-state index contributed by atoms with van der Waals surface area (Å²) in [6, 6.07) is 7.71. The van der Waals surface area contributed by atoms with Gasteiger partial charge >= 0.3 is 0 Å². The van der Waals surface area contributed by atoms with Crippen molar-refractivity contribution in [2.45, 2.75) is 13.8 Å². The predicted octanol–water partition coefficient (Wildman–Crippen LogP) is 2.64. The van der Waals surface area contributed by atoms with Crippen molar-refractivity contribution in [1.82, 2.24) is 10.1 Å². The Morgan fingerprint density at radius 3 is 2.67 bits per heavy atom. The highest BCUT2D eigenvalue weighted by Gasteiger charge is 2.17. The number of hydrogen-bond acceptors (Lipinski definition) is 5. The van der Waals surface area contributed by atoms with Gasteiger partial charge in [0.05, 0.1) is 30.1 Å². The van der Waals surface area contributed by atoms with Crippen molar-refractivity contribution in [3.05, 3.63) is 46.1 Å². The van der Waals surface area contributed by atoms with Crippen LogP contribution in [0.25, 0.3) is 22.0 Å². The van der Waals surface area contributed by atoms with Gasteiger partial charge in [-0.1, -0.05) is 11.2 Å². The van der Waals surface area contributed by atoms with E-state index in [2.05, 4.69) is 21.1 Å². The van der Waals surface area contributed by atoms with Crippen LogP contribution in [-0.4, -0.2) is 36.4 Å². The summed E-state index contributed by atoms with van der Waals surface area (Å²) in [5, 5.41) is 5.06. The Bertz CT molecular complexity index is 932. The van der Waals surface area contributed by atoms with Crippen LogP contribution < -0.4 is 10.5 Å². The third kappa shape index (κ3) is 2.49. The van der Waals surface area contributed by atoms with Crippen LogP contribution >= 0.6 is 0 Å². The molecule has 1 fully saturated rings. The highest BCUT2D eigenvalue weighted by Crippen LogP contribution is 2.32. The Balaban J connectivity index is 1.92. The summed E-state index contributed by atoms with van der Waals surface area (Å²) in [5.41, 5.74) is 4.61. The zero-order valence-corrected chi connectivity index (χ0v) is 13.8. The normalized spacial score (nSPS) is 15.2. The topological polar surface area (TPSA) is 71.4 Å². The summed E-state index contributed by atoms with van der Waals surface area (Å²) in [4.78, 5) is 17.2. The molecule has 3 aromatic rings. The largest absolute Gasteiger partial charge is 0.378 e. The highest BCUT2D eigenvalue weighted by molar-refractivity contribution is 5.95. The Labute approximate surface area is 139 Å². The quantitative estimate of drug-likeness (QED) is 0.784. The van der Waals surface area contributed by atoms with E-state index in [9.17, 15) is 4.79 Å². The Hall–Kier alpha value is -2.60. The number of benzene rings is 1. The average molecular weight is 325 g/mol. The van der Waals surface area contributed by atoms with E-state index in [1.54, 1.807) is 6.07 Å². The number of aryl methyl sites for hydroxylation is 2. The summed E-state index contributed by atoms with van der Waals surface area (Å²) >= 11 is 0. The van der Waals surface area contributed by atoms with Gasteiger partial charge in [0.2, 0.25) is 5.56 Å². The van der Waals surface area contributed by atoms with Crippen molar-refractivity contribution in [3.8, 4) is 11.1 Å². The van der Waals surface area contributed by atoms with Crippen LogP contribution in [0, 0.1) is 13.8 Å². The molecule has 1 aliphatic rings. The smallest absolute Gasteiger partial charge is 0.250 e. The van der Waals surface area contributed by atoms with Crippen molar-refractivity contribution in [2.75, 3.05) is 31.2 Å². The maximum absolute atomic E-state index is 12.0. The van der Waals surface area contributed by atoms with Crippen LogP contribution in [0.15, 0.2) is 33.6 Å². The van der Waals surface area contributed by atoms with Crippen molar-refractivity contribution >= 4 is 16.6 Å². The van der Waals surface area contributed by atoms with E-state index in [1.807, 2.05) is 26.0 Å². The number of H-pyrrole nitrogens is 1. The number of aromatic nitrogens is 2. The summed E-state index contributed by atoms with van der Waals surface area (Å²) in [5.74, 6) is 0.796. The number of rotatable bonds is 2. The lowest BCUT2D eigenvalue weighted by atomic mass is 10.0. The van der Waals surface area contributed by atoms with Gasteiger partial charge in [-0.2, -0.15) is 0 Å². The van der Waals surface area contributed by atoms with Crippen LogP contribution in [0.1, 0.15) is 11.5 Å². The summed E-state index contributed by atoms with van der Waals surface area (Å²) in [7, 11) is 0. The van der Waals surface area contributed by atoms with Crippen molar-refractivity contribution in [1.29, 1.82) is 0 Å². The molecule has 3 heterocycles. The number of nitrogens with zero attached hydrogens (tertiary/aromatic N) is 2. The number of aromatic amines is 1. The standard InChI is InChI=1S/C18H19N3O3/c1-11-18(12(2)24-20-11)13-3-4-15-14(9-13)16(10-17(22)19-15)21-5-7-23-8-6-21/h3-4,9-10H,5-8H2,1-2H3,(H,19,22). The molecule has 1 aromatic carbocycles. The van der Waals surface area contributed by atoms with Crippen molar-refractivity contribution in [2.24, 2.45) is 0 Å². The van der Waals surface area contributed by atoms with Gasteiger partial charge in [-0.15, -0.1) is 0 Å². The Kier molecular flexibility index (Phi) is 3.61. The summed E-state index contributed by atoms with van der Waals surface area (Å²) in [6.07, 6.45) is 0. The number of nitrogens with one attached hydrogen (secondary N) is 1. The number of anilines is 1. The van der Waals surface area contributed by atoms with Crippen molar-refractivity contribution < 1.29 is 9.26 Å². The molecule has 1 saturated heterocycles. The molecule has 6 heteroatoms. The molecule has 124 valence electrons. The van der Waals surface area contributed by atoms with Crippen molar-refractivity contribution in [3.63, 3.8) is 0 Å². The van der Waals surface area contributed by atoms with E-state index in [1.165, 1.54) is 0 Å². The minimum Gasteiger partial charge on any atom is -0.378 e. The fraction of sp³-hybridized carbons (Fsp3) is 0.333. The molecule has 4 rings (SSSR count). The lowest BCUT2D eigenvalue weighted by Gasteiger charge is -2.29. The molecule has 0 atom stereocenters. The molecule has 1 aliphatic heterocycles. The van der Waals surface area contributed by atoms with Gasteiger partial charge in [0.15, 0.2) is 0 Å². The van der Waals surface area contributed by atoms with Gasteiger partial charge in [0, 0.05) is 30.1 Å². The van der Waals surface area contributed by atoms with Crippen LogP contribution in [-0.2, 0) is 4.74 Å². The Morgan fingerprint density at radius 2 is 1.96 bits per heavy atom. The minimum absolute atomic E-state index is 0.0888. The fourth-order valence-electron chi connectivity index (χ4n) is 3.35. The minimum atomic E-state index is -0.0888. The lowest BCUT2D eigenvalue weighted by molar-refractivity contribution is 0.123. The van der Waals surface area contributed by atoms with Gasteiger partial charge in [0.25, 0.3) is 0 Å². The molecule has 6 nitrogen and oxygen atoms in total. The first-order chi connectivity index (χ1) is 11.6. The summed E-state index contributed by atoms with van der Waals surface area (Å²) in [6.45, 7) is 6.78. The second-order valence-electron chi connectivity index (χ2n) is 6.08. The molecule has 0 unspecified atom stereocenters. The highest BCUT2D eigenvalue weighted by atomic mass is 16.5. The number of pyridine rings is 1. The fourth-order valence-corrected chi connectivity index (χ4v) is 3.35. The summed E-state index contributed by atoms with van der Waals surface area (Å²) < 4.78 is 10.7. The van der Waals surface area contributed by atoms with E-state index in [-0.39, 0.29) is 5.56 Å². The van der Waals surface area contributed by atoms with Gasteiger partial charge in [-0.3, -0.25) is 4.79 Å². The first kappa shape index (κ1) is 15.0. The maximum Gasteiger partial charge on any atom is 0.250 e. The number of fused-ring (bicyclic) bond motifs is 1. The third-order valence-electron chi connectivity index (χ3n) is 4.50. The van der Waals surface area contributed by atoms with E-state index in [4.69, 9.17) is 9.26 Å². The van der Waals surface area contributed by atoms with Gasteiger partial charge < -0.3 is 19.1 Å². The SMILES string of the molecule is Cc1noc(C)c1-c1ccc2[nH]c(=O)cc(N3CCOCC3)c2c1. The number of ether oxygens (including phenoxy) is 1. The molecular formula is C18H19N3O3. The molecule has 0 aliphatic carbocycles. The molecule has 0 amide bonds. The second kappa shape index (κ2) is 5.79. The van der Waals surface area contributed by atoms with E-state index in [0.29, 0.717) is 13.2 Å².